The molecule has 3 rings (SSSR count). The van der Waals surface area contributed by atoms with Crippen molar-refractivity contribution >= 4 is 5.97 Å². The van der Waals surface area contributed by atoms with Crippen molar-refractivity contribution in [2.24, 2.45) is 35.0 Å². The maximum absolute atomic E-state index is 12.2. The minimum absolute atomic E-state index is 0.0132. The number of carbonyl (C=O) groups excluding carboxylic acids is 1. The average molecular weight is 324 g/mol. The van der Waals surface area contributed by atoms with E-state index in [9.17, 15) is 4.79 Å². The summed E-state index contributed by atoms with van der Waals surface area (Å²) in [5, 5.41) is 0. The Kier molecular flexibility index (Phi) is 4.52. The van der Waals surface area contributed by atoms with Crippen LogP contribution in [0.3, 0.4) is 0 Å². The predicted octanol–water partition coefficient (Wildman–Crippen LogP) is 3.64. The highest BCUT2D eigenvalue weighted by molar-refractivity contribution is 5.70. The Bertz CT molecular complexity index is 446. The van der Waals surface area contributed by atoms with Crippen LogP contribution in [0.25, 0.3) is 0 Å². The maximum Gasteiger partial charge on any atom is 0.311 e. The van der Waals surface area contributed by atoms with Gasteiger partial charge in [0.25, 0.3) is 0 Å². The predicted molar refractivity (Wildman–Crippen MR) is 87.7 cm³/mol. The van der Waals surface area contributed by atoms with E-state index < -0.39 is 5.79 Å². The lowest BCUT2D eigenvalue weighted by molar-refractivity contribution is -0.291. The number of hydrogen-bond donors (Lipinski definition) is 0. The minimum Gasteiger partial charge on any atom is -0.465 e. The molecule has 2 saturated carbocycles. The number of fused-ring (bicyclic) bond motifs is 2. The number of ether oxygens (including phenoxy) is 3. The second kappa shape index (κ2) is 6.03. The van der Waals surface area contributed by atoms with Gasteiger partial charge in [0.15, 0.2) is 5.79 Å². The zero-order chi connectivity index (χ0) is 16.8. The topological polar surface area (TPSA) is 44.8 Å². The van der Waals surface area contributed by atoms with Crippen LogP contribution in [0.5, 0.6) is 0 Å². The SMILES string of the molecule is CC1C2CC(COC(=O)CC3(C)OCC(C)(C)CO3)C(C2)C1C. The second-order valence-corrected chi connectivity index (χ2v) is 9.11. The summed E-state index contributed by atoms with van der Waals surface area (Å²) in [5.74, 6) is 2.69. The van der Waals surface area contributed by atoms with Gasteiger partial charge in [-0.05, 0) is 49.4 Å². The highest BCUT2D eigenvalue weighted by atomic mass is 16.7. The van der Waals surface area contributed by atoms with Gasteiger partial charge in [0, 0.05) is 5.41 Å². The molecule has 0 radical (unpaired) electrons. The quantitative estimate of drug-likeness (QED) is 0.741. The van der Waals surface area contributed by atoms with Gasteiger partial charge in [0.2, 0.25) is 0 Å². The number of esters is 1. The highest BCUT2D eigenvalue weighted by Crippen LogP contribution is 2.54. The van der Waals surface area contributed by atoms with E-state index >= 15 is 0 Å². The zero-order valence-corrected chi connectivity index (χ0v) is 15.3. The van der Waals surface area contributed by atoms with Gasteiger partial charge in [-0.2, -0.15) is 0 Å². The Morgan fingerprint density at radius 1 is 1.09 bits per heavy atom. The van der Waals surface area contributed by atoms with Crippen molar-refractivity contribution in [3.63, 3.8) is 0 Å². The van der Waals surface area contributed by atoms with E-state index in [4.69, 9.17) is 14.2 Å². The Hall–Kier alpha value is -0.610. The molecule has 1 saturated heterocycles. The molecule has 0 aromatic rings. The van der Waals surface area contributed by atoms with Crippen molar-refractivity contribution in [3.05, 3.63) is 0 Å². The fourth-order valence-electron chi connectivity index (χ4n) is 4.68. The van der Waals surface area contributed by atoms with Crippen LogP contribution >= 0.6 is 0 Å². The monoisotopic (exact) mass is 324 g/mol. The Morgan fingerprint density at radius 2 is 1.74 bits per heavy atom. The lowest BCUT2D eigenvalue weighted by atomic mass is 9.76. The first kappa shape index (κ1) is 17.2. The van der Waals surface area contributed by atoms with E-state index in [1.807, 2.05) is 6.92 Å². The molecule has 0 amide bonds. The molecule has 0 aromatic heterocycles. The largest absolute Gasteiger partial charge is 0.465 e. The van der Waals surface area contributed by atoms with Crippen LogP contribution < -0.4 is 0 Å². The molecule has 3 fully saturated rings. The normalized spacial score (nSPS) is 41.0. The molecule has 5 unspecified atom stereocenters. The van der Waals surface area contributed by atoms with E-state index in [0.717, 1.165) is 23.7 Å². The molecule has 23 heavy (non-hydrogen) atoms. The summed E-state index contributed by atoms with van der Waals surface area (Å²) < 4.78 is 17.1. The van der Waals surface area contributed by atoms with E-state index in [-0.39, 0.29) is 17.8 Å². The fraction of sp³-hybridized carbons (Fsp3) is 0.947. The summed E-state index contributed by atoms with van der Waals surface area (Å²) in [4.78, 5) is 12.2. The van der Waals surface area contributed by atoms with Gasteiger partial charge in [-0.15, -0.1) is 0 Å². The van der Waals surface area contributed by atoms with Gasteiger partial charge in [0.05, 0.1) is 26.2 Å². The molecular weight excluding hydrogens is 292 g/mol. The molecule has 2 bridgehead atoms. The van der Waals surface area contributed by atoms with Crippen LogP contribution in [0.2, 0.25) is 0 Å². The molecule has 4 nitrogen and oxygen atoms in total. The fourth-order valence-corrected chi connectivity index (χ4v) is 4.68. The maximum atomic E-state index is 12.2. The van der Waals surface area contributed by atoms with Crippen LogP contribution in [0.1, 0.15) is 53.9 Å². The summed E-state index contributed by atoms with van der Waals surface area (Å²) in [7, 11) is 0. The van der Waals surface area contributed by atoms with Gasteiger partial charge in [0.1, 0.15) is 0 Å². The average Bonchev–Trinajstić information content (AvgIpc) is 3.01. The smallest absolute Gasteiger partial charge is 0.311 e. The highest BCUT2D eigenvalue weighted by Gasteiger charge is 2.49. The van der Waals surface area contributed by atoms with Crippen LogP contribution in [0.15, 0.2) is 0 Å². The Labute approximate surface area is 140 Å². The zero-order valence-electron chi connectivity index (χ0n) is 15.3. The van der Waals surface area contributed by atoms with E-state index in [1.54, 1.807) is 0 Å². The molecule has 3 aliphatic rings. The first-order valence-electron chi connectivity index (χ1n) is 9.13. The molecule has 5 atom stereocenters. The van der Waals surface area contributed by atoms with Crippen LogP contribution in [0, 0.1) is 35.0 Å². The summed E-state index contributed by atoms with van der Waals surface area (Å²) in [6, 6.07) is 0. The lowest BCUT2D eigenvalue weighted by Crippen LogP contribution is -2.47. The van der Waals surface area contributed by atoms with Gasteiger partial charge in [-0.1, -0.05) is 27.7 Å². The summed E-state index contributed by atoms with van der Waals surface area (Å²) >= 11 is 0. The third-order valence-electron chi connectivity index (χ3n) is 6.49. The summed E-state index contributed by atoms with van der Waals surface area (Å²) in [6.07, 6.45) is 2.72. The van der Waals surface area contributed by atoms with Crippen molar-refractivity contribution in [3.8, 4) is 0 Å². The van der Waals surface area contributed by atoms with Gasteiger partial charge in [-0.25, -0.2) is 0 Å². The molecule has 0 spiro atoms. The molecule has 4 heteroatoms. The van der Waals surface area contributed by atoms with Crippen LogP contribution in [-0.4, -0.2) is 31.6 Å². The first-order chi connectivity index (χ1) is 10.7. The molecular formula is C19H32O4. The third-order valence-corrected chi connectivity index (χ3v) is 6.49. The van der Waals surface area contributed by atoms with Crippen LogP contribution in [0.4, 0.5) is 0 Å². The number of carbonyl (C=O) groups is 1. The molecule has 1 aliphatic heterocycles. The van der Waals surface area contributed by atoms with Gasteiger partial charge < -0.3 is 14.2 Å². The molecule has 0 N–H and O–H groups in total. The van der Waals surface area contributed by atoms with Crippen molar-refractivity contribution in [2.75, 3.05) is 19.8 Å². The Morgan fingerprint density at radius 3 is 2.30 bits per heavy atom. The standard InChI is InChI=1S/C19H32O4/c1-12-13(2)16-7-14(12)6-15(16)9-21-17(20)8-19(5)22-10-18(3,4)11-23-19/h12-16H,6-11H2,1-5H3. The van der Waals surface area contributed by atoms with Gasteiger partial charge >= 0.3 is 5.97 Å². The Balaban J connectivity index is 1.44. The molecule has 0 aromatic carbocycles. The van der Waals surface area contributed by atoms with E-state index in [0.29, 0.717) is 25.7 Å². The van der Waals surface area contributed by atoms with Crippen LogP contribution in [-0.2, 0) is 19.0 Å². The third kappa shape index (κ3) is 3.58. The van der Waals surface area contributed by atoms with Gasteiger partial charge in [-0.3, -0.25) is 4.79 Å². The van der Waals surface area contributed by atoms with Crippen molar-refractivity contribution in [1.29, 1.82) is 0 Å². The van der Waals surface area contributed by atoms with E-state index in [2.05, 4.69) is 27.7 Å². The summed E-state index contributed by atoms with van der Waals surface area (Å²) in [5.41, 5.74) is 0.0132. The minimum atomic E-state index is -0.830. The lowest BCUT2D eigenvalue weighted by Gasteiger charge is -2.41. The molecule has 2 aliphatic carbocycles. The summed E-state index contributed by atoms with van der Waals surface area (Å²) in [6.45, 7) is 12.6. The van der Waals surface area contributed by atoms with Crippen molar-refractivity contribution in [2.45, 2.75) is 59.7 Å². The van der Waals surface area contributed by atoms with Crippen molar-refractivity contribution in [1.82, 2.24) is 0 Å². The first-order valence-corrected chi connectivity index (χ1v) is 9.13. The number of hydrogen-bond acceptors (Lipinski definition) is 4. The molecule has 1 heterocycles. The van der Waals surface area contributed by atoms with E-state index in [1.165, 1.54) is 12.8 Å². The second-order valence-electron chi connectivity index (χ2n) is 9.11. The van der Waals surface area contributed by atoms with Crippen molar-refractivity contribution < 1.29 is 19.0 Å². The number of rotatable bonds is 4. The molecule has 132 valence electrons.